The maximum absolute atomic E-state index is 10.7. The van der Waals surface area contributed by atoms with Crippen LogP contribution in [0, 0.1) is 0 Å². The highest BCUT2D eigenvalue weighted by Gasteiger charge is 2.19. The van der Waals surface area contributed by atoms with E-state index in [-0.39, 0.29) is 23.9 Å². The van der Waals surface area contributed by atoms with Crippen LogP contribution >= 0.6 is 11.6 Å². The number of rotatable bonds is 6. The standard InChI is InChI=1S/C13H16ClNO5/c1-7(16)15-6-11(17)13(20)9-3-2-8(5-12(18)19)10(14)4-9/h2-4,11,13,17,20H,5-6H2,1H3,(H,15,16)(H,18,19). The minimum Gasteiger partial charge on any atom is -0.481 e. The van der Waals surface area contributed by atoms with E-state index < -0.39 is 18.2 Å². The Kier molecular flexibility index (Phi) is 5.94. The van der Waals surface area contributed by atoms with E-state index in [0.717, 1.165) is 0 Å². The fraction of sp³-hybridized carbons (Fsp3) is 0.385. The molecule has 0 spiro atoms. The molecule has 110 valence electrons. The van der Waals surface area contributed by atoms with Crippen molar-refractivity contribution in [2.24, 2.45) is 0 Å². The van der Waals surface area contributed by atoms with E-state index in [2.05, 4.69) is 5.32 Å². The van der Waals surface area contributed by atoms with Gasteiger partial charge in [-0.05, 0) is 17.2 Å². The second-order valence-electron chi connectivity index (χ2n) is 4.37. The van der Waals surface area contributed by atoms with E-state index in [1.54, 1.807) is 0 Å². The minimum atomic E-state index is -1.22. The number of hydrogen-bond acceptors (Lipinski definition) is 4. The second-order valence-corrected chi connectivity index (χ2v) is 4.78. The average Bonchev–Trinajstić information content (AvgIpc) is 2.37. The summed E-state index contributed by atoms with van der Waals surface area (Å²) in [5.41, 5.74) is 0.772. The molecule has 0 aliphatic carbocycles. The molecule has 1 aromatic carbocycles. The van der Waals surface area contributed by atoms with Gasteiger partial charge in [0.15, 0.2) is 0 Å². The average molecular weight is 302 g/mol. The zero-order chi connectivity index (χ0) is 15.3. The molecule has 0 saturated carbocycles. The molecule has 7 heteroatoms. The summed E-state index contributed by atoms with van der Waals surface area (Å²) < 4.78 is 0. The molecule has 4 N–H and O–H groups in total. The molecular weight excluding hydrogens is 286 g/mol. The predicted octanol–water partition coefficient (Wildman–Crippen LogP) is 0.497. The van der Waals surface area contributed by atoms with Crippen molar-refractivity contribution in [3.63, 3.8) is 0 Å². The first-order chi connectivity index (χ1) is 9.31. The molecule has 0 aromatic heterocycles. The highest BCUT2D eigenvalue weighted by Crippen LogP contribution is 2.24. The number of carboxylic acids is 1. The van der Waals surface area contributed by atoms with Gasteiger partial charge in [-0.2, -0.15) is 0 Å². The minimum absolute atomic E-state index is 0.0923. The Morgan fingerprint density at radius 1 is 1.35 bits per heavy atom. The maximum Gasteiger partial charge on any atom is 0.307 e. The lowest BCUT2D eigenvalue weighted by atomic mass is 10.0. The van der Waals surface area contributed by atoms with Gasteiger partial charge in [-0.15, -0.1) is 0 Å². The van der Waals surface area contributed by atoms with E-state index in [9.17, 15) is 19.8 Å². The van der Waals surface area contributed by atoms with Crippen LogP contribution in [0.25, 0.3) is 0 Å². The molecular formula is C13H16ClNO5. The van der Waals surface area contributed by atoms with Gasteiger partial charge in [-0.1, -0.05) is 23.7 Å². The molecule has 0 aliphatic heterocycles. The summed E-state index contributed by atoms with van der Waals surface area (Å²) in [6.07, 6.45) is -2.62. The number of hydrogen-bond donors (Lipinski definition) is 4. The highest BCUT2D eigenvalue weighted by molar-refractivity contribution is 6.31. The first-order valence-corrected chi connectivity index (χ1v) is 6.29. The number of carbonyl (C=O) groups excluding carboxylic acids is 1. The Hall–Kier alpha value is -1.63. The van der Waals surface area contributed by atoms with E-state index in [4.69, 9.17) is 16.7 Å². The molecule has 0 fully saturated rings. The van der Waals surface area contributed by atoms with Crippen molar-refractivity contribution in [2.45, 2.75) is 25.6 Å². The van der Waals surface area contributed by atoms with Gasteiger partial charge in [0.1, 0.15) is 12.2 Å². The van der Waals surface area contributed by atoms with Crippen molar-refractivity contribution in [1.29, 1.82) is 0 Å². The fourth-order valence-corrected chi connectivity index (χ4v) is 1.89. The van der Waals surface area contributed by atoms with Gasteiger partial charge in [-0.25, -0.2) is 0 Å². The molecule has 2 atom stereocenters. The first-order valence-electron chi connectivity index (χ1n) is 5.92. The number of nitrogens with one attached hydrogen (secondary N) is 1. The van der Waals surface area contributed by atoms with Crippen LogP contribution in [-0.4, -0.2) is 39.8 Å². The predicted molar refractivity (Wildman–Crippen MR) is 72.4 cm³/mol. The lowest BCUT2D eigenvalue weighted by Gasteiger charge is -2.19. The van der Waals surface area contributed by atoms with Gasteiger partial charge in [0.25, 0.3) is 0 Å². The monoisotopic (exact) mass is 301 g/mol. The lowest BCUT2D eigenvalue weighted by Crippen LogP contribution is -2.34. The van der Waals surface area contributed by atoms with E-state index >= 15 is 0 Å². The first kappa shape index (κ1) is 16.4. The quantitative estimate of drug-likeness (QED) is 0.612. The third-order valence-corrected chi connectivity index (χ3v) is 3.04. The van der Waals surface area contributed by atoms with Gasteiger partial charge < -0.3 is 20.6 Å². The highest BCUT2D eigenvalue weighted by atomic mass is 35.5. The topological polar surface area (TPSA) is 107 Å². The van der Waals surface area contributed by atoms with Crippen LogP contribution in [0.1, 0.15) is 24.2 Å². The zero-order valence-corrected chi connectivity index (χ0v) is 11.6. The van der Waals surface area contributed by atoms with Crippen LogP contribution in [-0.2, 0) is 16.0 Å². The molecule has 1 aromatic rings. The van der Waals surface area contributed by atoms with Crippen molar-refractivity contribution >= 4 is 23.5 Å². The zero-order valence-electron chi connectivity index (χ0n) is 10.8. The fourth-order valence-electron chi connectivity index (χ4n) is 1.64. The molecule has 1 rings (SSSR count). The molecule has 6 nitrogen and oxygen atoms in total. The molecule has 0 bridgehead atoms. The van der Waals surface area contributed by atoms with Crippen LogP contribution < -0.4 is 5.32 Å². The van der Waals surface area contributed by atoms with Crippen molar-refractivity contribution in [2.75, 3.05) is 6.54 Å². The van der Waals surface area contributed by atoms with Crippen molar-refractivity contribution in [1.82, 2.24) is 5.32 Å². The van der Waals surface area contributed by atoms with E-state index in [1.807, 2.05) is 0 Å². The van der Waals surface area contributed by atoms with Crippen LogP contribution in [0.5, 0.6) is 0 Å². The molecule has 0 heterocycles. The maximum atomic E-state index is 10.7. The number of aliphatic hydroxyl groups excluding tert-OH is 2. The molecule has 20 heavy (non-hydrogen) atoms. The summed E-state index contributed by atoms with van der Waals surface area (Å²) in [7, 11) is 0. The van der Waals surface area contributed by atoms with Crippen LogP contribution in [0.4, 0.5) is 0 Å². The Morgan fingerprint density at radius 2 is 2.00 bits per heavy atom. The van der Waals surface area contributed by atoms with Crippen molar-refractivity contribution in [3.8, 4) is 0 Å². The number of carbonyl (C=O) groups is 2. The molecule has 1 amide bonds. The summed E-state index contributed by atoms with van der Waals surface area (Å²) in [5, 5.41) is 30.9. The van der Waals surface area contributed by atoms with Crippen LogP contribution in [0.15, 0.2) is 18.2 Å². The number of aliphatic hydroxyl groups is 2. The van der Waals surface area contributed by atoms with Crippen molar-refractivity contribution < 1.29 is 24.9 Å². The number of amides is 1. The van der Waals surface area contributed by atoms with Crippen LogP contribution in [0.3, 0.4) is 0 Å². The van der Waals surface area contributed by atoms with Gasteiger partial charge in [0.05, 0.1) is 6.42 Å². The number of carboxylic acid groups (broad SMARTS) is 1. The smallest absolute Gasteiger partial charge is 0.307 e. The third kappa shape index (κ3) is 4.80. The molecule has 0 saturated heterocycles. The van der Waals surface area contributed by atoms with Gasteiger partial charge in [-0.3, -0.25) is 9.59 Å². The summed E-state index contributed by atoms with van der Waals surface area (Å²) in [5.74, 6) is -1.32. The number of aliphatic carboxylic acids is 1. The van der Waals surface area contributed by atoms with E-state index in [0.29, 0.717) is 11.1 Å². The second kappa shape index (κ2) is 7.23. The summed E-state index contributed by atoms with van der Waals surface area (Å²) in [6.45, 7) is 1.21. The van der Waals surface area contributed by atoms with Crippen LogP contribution in [0.2, 0.25) is 5.02 Å². The number of halogens is 1. The Bertz CT molecular complexity index is 506. The number of benzene rings is 1. The normalized spacial score (nSPS) is 13.6. The van der Waals surface area contributed by atoms with Gasteiger partial charge in [0.2, 0.25) is 5.91 Å². The lowest BCUT2D eigenvalue weighted by molar-refractivity contribution is -0.136. The Balaban J connectivity index is 2.78. The van der Waals surface area contributed by atoms with Gasteiger partial charge >= 0.3 is 5.97 Å². The molecule has 0 aliphatic rings. The van der Waals surface area contributed by atoms with Gasteiger partial charge in [0, 0.05) is 18.5 Å². The molecule has 0 radical (unpaired) electrons. The van der Waals surface area contributed by atoms with Crippen molar-refractivity contribution in [3.05, 3.63) is 34.3 Å². The Morgan fingerprint density at radius 3 is 2.50 bits per heavy atom. The summed E-state index contributed by atoms with van der Waals surface area (Å²) in [4.78, 5) is 21.3. The largest absolute Gasteiger partial charge is 0.481 e. The SMILES string of the molecule is CC(=O)NCC(O)C(O)c1ccc(CC(=O)O)c(Cl)c1. The third-order valence-electron chi connectivity index (χ3n) is 2.68. The summed E-state index contributed by atoms with van der Waals surface area (Å²) in [6, 6.07) is 4.38. The summed E-state index contributed by atoms with van der Waals surface area (Å²) >= 11 is 5.92. The Labute approximate surface area is 121 Å². The molecule has 2 unspecified atom stereocenters. The van der Waals surface area contributed by atoms with E-state index in [1.165, 1.54) is 25.1 Å².